The number of hydrogen-bond donors (Lipinski definition) is 1. The van der Waals surface area contributed by atoms with Gasteiger partial charge in [0.05, 0.1) is 6.54 Å². The van der Waals surface area contributed by atoms with Gasteiger partial charge in [-0.05, 0) is 27.2 Å². The summed E-state index contributed by atoms with van der Waals surface area (Å²) in [5, 5.41) is 9.20. The molecule has 1 atom stereocenters. The Balaban J connectivity index is 2.64. The highest BCUT2D eigenvalue weighted by molar-refractivity contribution is 5.66. The molecule has 0 bridgehead atoms. The van der Waals surface area contributed by atoms with Gasteiger partial charge in [-0.15, -0.1) is 0 Å². The zero-order valence-electron chi connectivity index (χ0n) is 10.5. The Bertz CT molecular complexity index is 279. The number of carbonyl (C=O) groups is 1. The van der Waals surface area contributed by atoms with Crippen molar-refractivity contribution in [2.75, 3.05) is 19.6 Å². The average molecular weight is 250 g/mol. The molecule has 0 aliphatic carbocycles. The van der Waals surface area contributed by atoms with Gasteiger partial charge in [0.1, 0.15) is 0 Å². The summed E-state index contributed by atoms with van der Waals surface area (Å²) in [6.45, 7) is 6.11. The SMILES string of the molecule is CC(C)(C)N(C(=O)O)C1CCN(CC(F)F)C1. The number of nitrogens with zero attached hydrogens (tertiary/aromatic N) is 2. The molecule has 6 heteroatoms. The summed E-state index contributed by atoms with van der Waals surface area (Å²) >= 11 is 0. The first-order valence-corrected chi connectivity index (χ1v) is 5.74. The lowest BCUT2D eigenvalue weighted by Gasteiger charge is -2.38. The van der Waals surface area contributed by atoms with Gasteiger partial charge in [-0.2, -0.15) is 0 Å². The fraction of sp³-hybridized carbons (Fsp3) is 0.909. The number of rotatable bonds is 3. The highest BCUT2D eigenvalue weighted by Crippen LogP contribution is 2.24. The molecular weight excluding hydrogens is 230 g/mol. The van der Waals surface area contributed by atoms with Crippen molar-refractivity contribution < 1.29 is 18.7 Å². The minimum absolute atomic E-state index is 0.189. The van der Waals surface area contributed by atoms with Crippen LogP contribution in [0.25, 0.3) is 0 Å². The van der Waals surface area contributed by atoms with Crippen LogP contribution in [0.1, 0.15) is 27.2 Å². The van der Waals surface area contributed by atoms with Crippen molar-refractivity contribution >= 4 is 6.09 Å². The normalized spacial score (nSPS) is 22.1. The van der Waals surface area contributed by atoms with E-state index in [1.165, 1.54) is 4.90 Å². The minimum atomic E-state index is -2.36. The molecule has 1 N–H and O–H groups in total. The van der Waals surface area contributed by atoms with Crippen LogP contribution in [0, 0.1) is 0 Å². The third-order valence-electron chi connectivity index (χ3n) is 2.94. The fourth-order valence-corrected chi connectivity index (χ4v) is 2.37. The molecule has 17 heavy (non-hydrogen) atoms. The van der Waals surface area contributed by atoms with E-state index in [2.05, 4.69) is 0 Å². The van der Waals surface area contributed by atoms with Gasteiger partial charge in [0.2, 0.25) is 0 Å². The monoisotopic (exact) mass is 250 g/mol. The molecule has 0 saturated carbocycles. The molecule has 1 unspecified atom stereocenters. The summed E-state index contributed by atoms with van der Waals surface area (Å²) in [5.74, 6) is 0. The van der Waals surface area contributed by atoms with E-state index in [9.17, 15) is 18.7 Å². The van der Waals surface area contributed by atoms with E-state index in [1.54, 1.807) is 4.90 Å². The van der Waals surface area contributed by atoms with Crippen LogP contribution in [0.3, 0.4) is 0 Å². The first kappa shape index (κ1) is 14.2. The largest absolute Gasteiger partial charge is 0.465 e. The highest BCUT2D eigenvalue weighted by atomic mass is 19.3. The molecule has 1 fully saturated rings. The Morgan fingerprint density at radius 3 is 2.53 bits per heavy atom. The lowest BCUT2D eigenvalue weighted by molar-refractivity contribution is 0.0652. The van der Waals surface area contributed by atoms with E-state index >= 15 is 0 Å². The Hall–Kier alpha value is -0.910. The second kappa shape index (κ2) is 5.16. The zero-order chi connectivity index (χ0) is 13.2. The quantitative estimate of drug-likeness (QED) is 0.834. The van der Waals surface area contributed by atoms with Gasteiger partial charge in [0, 0.05) is 24.7 Å². The summed E-state index contributed by atoms with van der Waals surface area (Å²) in [5.41, 5.74) is -0.503. The van der Waals surface area contributed by atoms with Crippen LogP contribution in [-0.2, 0) is 0 Å². The van der Waals surface area contributed by atoms with Gasteiger partial charge in [0.25, 0.3) is 6.43 Å². The number of halogens is 2. The van der Waals surface area contributed by atoms with Crippen molar-refractivity contribution in [3.63, 3.8) is 0 Å². The highest BCUT2D eigenvalue weighted by Gasteiger charge is 2.37. The summed E-state index contributed by atoms with van der Waals surface area (Å²) < 4.78 is 24.5. The number of alkyl halides is 2. The van der Waals surface area contributed by atoms with Crippen molar-refractivity contribution in [1.82, 2.24) is 9.80 Å². The van der Waals surface area contributed by atoms with Crippen molar-refractivity contribution in [3.8, 4) is 0 Å². The van der Waals surface area contributed by atoms with Crippen LogP contribution in [0.5, 0.6) is 0 Å². The molecule has 1 heterocycles. The lowest BCUT2D eigenvalue weighted by Crippen LogP contribution is -2.52. The van der Waals surface area contributed by atoms with E-state index in [4.69, 9.17) is 0 Å². The topological polar surface area (TPSA) is 43.8 Å². The molecule has 4 nitrogen and oxygen atoms in total. The molecule has 1 aliphatic rings. The van der Waals surface area contributed by atoms with Crippen LogP contribution >= 0.6 is 0 Å². The van der Waals surface area contributed by atoms with Crippen molar-refractivity contribution in [2.45, 2.75) is 45.2 Å². The van der Waals surface area contributed by atoms with Gasteiger partial charge in [-0.3, -0.25) is 9.80 Å². The predicted molar refractivity (Wildman–Crippen MR) is 60.5 cm³/mol. The molecule has 0 aromatic heterocycles. The maximum atomic E-state index is 12.2. The molecule has 1 aliphatic heterocycles. The second-order valence-corrected chi connectivity index (χ2v) is 5.42. The molecule has 0 aromatic carbocycles. The van der Waals surface area contributed by atoms with Gasteiger partial charge in [-0.25, -0.2) is 13.6 Å². The molecule has 100 valence electrons. The zero-order valence-corrected chi connectivity index (χ0v) is 10.5. The second-order valence-electron chi connectivity index (χ2n) is 5.42. The smallest absolute Gasteiger partial charge is 0.408 e. The molecule has 1 saturated heterocycles. The number of hydrogen-bond acceptors (Lipinski definition) is 2. The standard InChI is InChI=1S/C11H20F2N2O2/c1-11(2,3)15(10(16)17)8-4-5-14(6-8)7-9(12)13/h8-9H,4-7H2,1-3H3,(H,16,17). The third-order valence-corrected chi connectivity index (χ3v) is 2.94. The van der Waals surface area contributed by atoms with E-state index in [0.717, 1.165) is 0 Å². The van der Waals surface area contributed by atoms with Crippen molar-refractivity contribution in [1.29, 1.82) is 0 Å². The summed E-state index contributed by atoms with van der Waals surface area (Å²) in [7, 11) is 0. The van der Waals surface area contributed by atoms with E-state index in [0.29, 0.717) is 19.5 Å². The van der Waals surface area contributed by atoms with Crippen LogP contribution < -0.4 is 0 Å². The number of amides is 1. The first-order chi connectivity index (χ1) is 7.71. The maximum Gasteiger partial charge on any atom is 0.408 e. The maximum absolute atomic E-state index is 12.2. The number of likely N-dealkylation sites (tertiary alicyclic amines) is 1. The van der Waals surface area contributed by atoms with Gasteiger partial charge < -0.3 is 5.11 Å². The first-order valence-electron chi connectivity index (χ1n) is 5.74. The Labute approximate surface area is 100 Å². The molecule has 0 spiro atoms. The van der Waals surface area contributed by atoms with Crippen molar-refractivity contribution in [2.24, 2.45) is 0 Å². The van der Waals surface area contributed by atoms with Crippen LogP contribution in [-0.4, -0.2) is 58.6 Å². The molecule has 1 rings (SSSR count). The molecule has 0 radical (unpaired) electrons. The Kier molecular flexibility index (Phi) is 4.30. The molecule has 0 aromatic rings. The van der Waals surface area contributed by atoms with Gasteiger partial charge in [0.15, 0.2) is 0 Å². The fourth-order valence-electron chi connectivity index (χ4n) is 2.37. The van der Waals surface area contributed by atoms with Crippen molar-refractivity contribution in [3.05, 3.63) is 0 Å². The average Bonchev–Trinajstić information content (AvgIpc) is 2.47. The predicted octanol–water partition coefficient (Wildman–Crippen LogP) is 2.10. The van der Waals surface area contributed by atoms with Crippen LogP contribution in [0.2, 0.25) is 0 Å². The molecule has 1 amide bonds. The lowest BCUT2D eigenvalue weighted by atomic mass is 10.0. The minimum Gasteiger partial charge on any atom is -0.465 e. The summed E-state index contributed by atoms with van der Waals surface area (Å²) in [4.78, 5) is 14.2. The Morgan fingerprint density at radius 1 is 1.53 bits per heavy atom. The van der Waals surface area contributed by atoms with Gasteiger partial charge >= 0.3 is 6.09 Å². The number of carboxylic acid groups (broad SMARTS) is 1. The third kappa shape index (κ3) is 3.80. The van der Waals surface area contributed by atoms with Gasteiger partial charge in [-0.1, -0.05) is 0 Å². The Morgan fingerprint density at radius 2 is 2.12 bits per heavy atom. The summed E-state index contributed by atoms with van der Waals surface area (Å²) in [6, 6.07) is -0.189. The van der Waals surface area contributed by atoms with E-state index in [-0.39, 0.29) is 12.6 Å². The van der Waals surface area contributed by atoms with Crippen LogP contribution in [0.4, 0.5) is 13.6 Å². The molecular formula is C11H20F2N2O2. The van der Waals surface area contributed by atoms with E-state index in [1.807, 2.05) is 20.8 Å². The summed E-state index contributed by atoms with van der Waals surface area (Å²) in [6.07, 6.45) is -2.72. The van der Waals surface area contributed by atoms with Crippen LogP contribution in [0.15, 0.2) is 0 Å². The van der Waals surface area contributed by atoms with E-state index < -0.39 is 18.1 Å².